The van der Waals surface area contributed by atoms with E-state index in [1.165, 1.54) is 109 Å². The molecule has 0 N–H and O–H groups in total. The summed E-state index contributed by atoms with van der Waals surface area (Å²) >= 11 is 0. The molecule has 20 atom stereocenters. The van der Waals surface area contributed by atoms with Gasteiger partial charge in [0.1, 0.15) is 13.6 Å². The molecule has 0 aromatic heterocycles. The van der Waals surface area contributed by atoms with Crippen LogP contribution in [-0.2, 0) is 42.6 Å². The maximum atomic E-state index is 5.39. The van der Waals surface area contributed by atoms with Crippen LogP contribution in [0.1, 0.15) is 388 Å². The van der Waals surface area contributed by atoms with E-state index >= 15 is 0 Å². The van der Waals surface area contributed by atoms with E-state index in [0.29, 0.717) is 62.0 Å². The quantitative estimate of drug-likeness (QED) is 0.235. The van der Waals surface area contributed by atoms with Gasteiger partial charge < -0.3 is 42.6 Å². The monoisotopic (exact) mass is 1390 g/mol. The van der Waals surface area contributed by atoms with Crippen LogP contribution in [-0.4, -0.2) is 103 Å². The minimum Gasteiger partial charge on any atom is -0.381 e. The Labute approximate surface area is 613 Å². The van der Waals surface area contributed by atoms with Crippen LogP contribution in [0.15, 0.2) is 0 Å². The summed E-state index contributed by atoms with van der Waals surface area (Å²) in [4.78, 5) is 0. The summed E-state index contributed by atoms with van der Waals surface area (Å²) in [6.07, 6.45) is 26.7. The third-order valence-electron chi connectivity index (χ3n) is 19.8. The molecule has 0 spiro atoms. The van der Waals surface area contributed by atoms with Gasteiger partial charge in [-0.05, 0) is 151 Å². The Balaban J connectivity index is -0.0000000913. The lowest BCUT2D eigenvalue weighted by Gasteiger charge is -2.25. The van der Waals surface area contributed by atoms with Crippen molar-refractivity contribution in [2.24, 2.45) is 82.9 Å². The van der Waals surface area contributed by atoms with E-state index in [9.17, 15) is 0 Å². The SMILES string of the molecule is CC.CC.CC.CC.CC.CC.CC.CC.CC.CC.CC1CCCC1C.CC1CCCCC1C.CC1CCCCC1C.CC1CCCOC1C.CC1CCCOC1C.CC1CCOC1C.CC1CCOC1C.CC1COCC1C.CC1COCOC1C.CC1COCOC1C.[3HH]. The minimum atomic E-state index is 0. The van der Waals surface area contributed by atoms with Crippen LogP contribution in [0.3, 0.4) is 0 Å². The summed E-state index contributed by atoms with van der Waals surface area (Å²) in [7, 11) is 0. The summed E-state index contributed by atoms with van der Waals surface area (Å²) in [6.45, 7) is 93.2. The molecule has 7 saturated heterocycles. The van der Waals surface area contributed by atoms with Gasteiger partial charge in [0.25, 0.3) is 0 Å². The zero-order chi connectivity index (χ0) is 77.0. The first kappa shape index (κ1) is 117. The highest BCUT2D eigenvalue weighted by Crippen LogP contribution is 2.31. The van der Waals surface area contributed by atoms with Crippen molar-refractivity contribution in [1.82, 2.24) is 0 Å². The summed E-state index contributed by atoms with van der Waals surface area (Å²) in [5.74, 6) is 11.9. The third kappa shape index (κ3) is 72.0. The molecule has 20 unspecified atom stereocenters. The van der Waals surface area contributed by atoms with Gasteiger partial charge in [0.05, 0.1) is 49.8 Å². The van der Waals surface area contributed by atoms with Crippen LogP contribution >= 0.6 is 0 Å². The van der Waals surface area contributed by atoms with Crippen LogP contribution in [0.5, 0.6) is 0 Å². The smallest absolute Gasteiger partial charge is 0.147 e. The van der Waals surface area contributed by atoms with E-state index in [1.807, 2.05) is 138 Å². The van der Waals surface area contributed by atoms with E-state index in [2.05, 4.69) is 138 Å². The highest BCUT2D eigenvalue weighted by molar-refractivity contribution is 4.72. The Morgan fingerprint density at radius 3 is 0.469 bits per heavy atom. The largest absolute Gasteiger partial charge is 0.381 e. The molecule has 96 heavy (non-hydrogen) atoms. The number of rotatable bonds is 0. The van der Waals surface area contributed by atoms with E-state index in [0.717, 1.165) is 124 Å². The first-order valence-electron chi connectivity index (χ1n) is 42.5. The Morgan fingerprint density at radius 1 is 0.167 bits per heavy atom. The van der Waals surface area contributed by atoms with E-state index in [-0.39, 0.29) is 1.43 Å². The Hall–Kier alpha value is -0.360. The second kappa shape index (κ2) is 90.7. The summed E-state index contributed by atoms with van der Waals surface area (Å²) < 4.78 is 46.9. The van der Waals surface area contributed by atoms with Crippen molar-refractivity contribution in [2.75, 3.05) is 66.4 Å². The molecule has 7 heterocycles. The van der Waals surface area contributed by atoms with Crippen LogP contribution in [0.4, 0.5) is 0 Å². The van der Waals surface area contributed by atoms with Gasteiger partial charge in [-0.1, -0.05) is 306 Å². The van der Waals surface area contributed by atoms with Gasteiger partial charge >= 0.3 is 0 Å². The highest BCUT2D eigenvalue weighted by atomic mass is 16.7. The maximum absolute atomic E-state index is 5.39. The van der Waals surface area contributed by atoms with Crippen molar-refractivity contribution in [2.45, 2.75) is 423 Å². The zero-order valence-corrected chi connectivity index (χ0v) is 74.3. The fraction of sp³-hybridized carbons (Fsp3) is 1.00. The number of ether oxygens (including phenoxy) is 9. The predicted octanol–water partition coefficient (Wildman–Crippen LogP) is 28.4. The summed E-state index contributed by atoms with van der Waals surface area (Å²) in [5, 5.41) is 0. The van der Waals surface area contributed by atoms with Gasteiger partial charge in [-0.15, -0.1) is 0 Å². The van der Waals surface area contributed by atoms with Crippen LogP contribution in [0.25, 0.3) is 0 Å². The first-order valence-corrected chi connectivity index (χ1v) is 42.5. The fourth-order valence-corrected chi connectivity index (χ4v) is 10.3. The molecule has 10 fully saturated rings. The molecule has 0 amide bonds. The van der Waals surface area contributed by atoms with Gasteiger partial charge in [-0.25, -0.2) is 0 Å². The van der Waals surface area contributed by atoms with Crippen molar-refractivity contribution in [3.8, 4) is 0 Å². The molecule has 0 aromatic carbocycles. The lowest BCUT2D eigenvalue weighted by molar-refractivity contribution is -0.159. The van der Waals surface area contributed by atoms with Gasteiger partial charge in [-0.2, -0.15) is 0 Å². The Kier molecular flexibility index (Phi) is 110. The zero-order valence-electron chi connectivity index (χ0n) is 74.3. The average Bonchev–Trinajstić information content (AvgIpc) is 4.66. The normalized spacial score (nSPS) is 32.8. The van der Waals surface area contributed by atoms with E-state index in [4.69, 9.17) is 42.6 Å². The van der Waals surface area contributed by atoms with Crippen LogP contribution in [0, 0.1) is 82.9 Å². The van der Waals surface area contributed by atoms with Crippen molar-refractivity contribution >= 4 is 0 Å². The van der Waals surface area contributed by atoms with Gasteiger partial charge in [0.15, 0.2) is 0 Å². The molecule has 598 valence electrons. The Morgan fingerprint density at radius 2 is 0.354 bits per heavy atom. The molecule has 10 aliphatic rings. The van der Waals surface area contributed by atoms with Gasteiger partial charge in [0.2, 0.25) is 0 Å². The molecular formula is C87H196O9. The van der Waals surface area contributed by atoms with Gasteiger partial charge in [0, 0.05) is 52.9 Å². The Bertz CT molecular complexity index is 996. The van der Waals surface area contributed by atoms with Crippen molar-refractivity contribution in [3.63, 3.8) is 0 Å². The molecule has 0 radical (unpaired) electrons. The van der Waals surface area contributed by atoms with Crippen LogP contribution in [0.2, 0.25) is 0 Å². The second-order valence-electron chi connectivity index (χ2n) is 26.6. The molecule has 0 bridgehead atoms. The van der Waals surface area contributed by atoms with Crippen molar-refractivity contribution in [1.29, 1.82) is 0 Å². The maximum Gasteiger partial charge on any atom is 0.147 e. The highest BCUT2D eigenvalue weighted by Gasteiger charge is 2.23. The standard InChI is InChI=1S/2C8H16.2C7H14O.C7H14.2C6H12O2.3C6H12O.10C2H6.H2/c2*1-7-5-3-4-6-8(7)2;2*1-6-4-3-5-8-7(6)2;1-6-4-3-5-7(6)2;2*1-5-3-7-4-8-6(5)2;1-5-3-7-4-6(5)2;2*1-5-3-4-7-6(5)2;10*1-2;/h2*7-8H,3-6H2,1-2H3;2*6-7H,3-5H2,1-2H3;6-7H,3-5H2,1-2H3;2*5-6H,3-4H2,1-2H3;3*5-6H,3-4H2,1-2H3;10*1-2H3;1H/i;;;;;;;;;;;;;;;;;;;;1+2. The lowest BCUT2D eigenvalue weighted by atomic mass is 9.82. The summed E-state index contributed by atoms with van der Waals surface area (Å²) in [6, 6.07) is 0. The molecule has 3 saturated carbocycles. The molecule has 7 aliphatic heterocycles. The fourth-order valence-electron chi connectivity index (χ4n) is 10.3. The van der Waals surface area contributed by atoms with Crippen molar-refractivity contribution in [3.05, 3.63) is 0 Å². The topological polar surface area (TPSA) is 83.1 Å². The van der Waals surface area contributed by atoms with Gasteiger partial charge in [-0.3, -0.25) is 0 Å². The molecule has 0 aromatic rings. The van der Waals surface area contributed by atoms with E-state index < -0.39 is 0 Å². The number of hydrogen-bond acceptors (Lipinski definition) is 9. The molecule has 9 heteroatoms. The molecule has 3 aliphatic carbocycles. The van der Waals surface area contributed by atoms with Crippen LogP contribution < -0.4 is 0 Å². The predicted molar refractivity (Wildman–Crippen MR) is 438 cm³/mol. The average molecular weight is 1390 g/mol. The molecule has 9 nitrogen and oxygen atoms in total. The lowest BCUT2D eigenvalue weighted by Crippen LogP contribution is -2.29. The minimum absolute atomic E-state index is 0. The van der Waals surface area contributed by atoms with Crippen molar-refractivity contribution < 1.29 is 44.1 Å². The van der Waals surface area contributed by atoms with E-state index in [1.54, 1.807) is 0 Å². The first-order chi connectivity index (χ1) is 46.0. The third-order valence-corrected chi connectivity index (χ3v) is 19.8. The second-order valence-corrected chi connectivity index (χ2v) is 26.6. The molecular weight excluding hydrogens is 1190 g/mol. The summed E-state index contributed by atoms with van der Waals surface area (Å²) in [5.41, 5.74) is 0. The molecule has 10 rings (SSSR count). The number of hydrogen-bond donors (Lipinski definition) is 0.